The molecule has 0 N–H and O–H groups in total. The predicted molar refractivity (Wildman–Crippen MR) is 332 cm³/mol. The molecule has 0 aromatic carbocycles. The van der Waals surface area contributed by atoms with Gasteiger partial charge in [-0.15, -0.1) is 0 Å². The van der Waals surface area contributed by atoms with E-state index in [-0.39, 0.29) is 26.1 Å². The molecule has 0 rings (SSSR count). The molecule has 0 saturated carbocycles. The maximum absolute atomic E-state index is 12.8. The van der Waals surface area contributed by atoms with Crippen molar-refractivity contribution < 1.29 is 42.1 Å². The van der Waals surface area contributed by atoms with E-state index in [0.29, 0.717) is 23.9 Å². The van der Waals surface area contributed by atoms with Gasteiger partial charge in [-0.1, -0.05) is 265 Å². The molecular formula is C68H120NO8P. The lowest BCUT2D eigenvalue weighted by Gasteiger charge is -2.28. The number of quaternary nitrogens is 1. The molecular weight excluding hydrogens is 990 g/mol. The van der Waals surface area contributed by atoms with E-state index in [1.165, 1.54) is 148 Å². The summed E-state index contributed by atoms with van der Waals surface area (Å²) >= 11 is 0. The summed E-state index contributed by atoms with van der Waals surface area (Å²) in [5.74, 6) is -0.878. The van der Waals surface area contributed by atoms with Gasteiger partial charge in [-0.2, -0.15) is 0 Å². The second kappa shape index (κ2) is 58.6. The molecule has 0 aliphatic rings. The lowest BCUT2D eigenvalue weighted by Crippen LogP contribution is -2.37. The molecule has 0 fully saturated rings. The third-order valence-corrected chi connectivity index (χ3v) is 14.6. The van der Waals surface area contributed by atoms with E-state index in [1.54, 1.807) is 0 Å². The quantitative estimate of drug-likeness (QED) is 0.0195. The summed E-state index contributed by atoms with van der Waals surface area (Å²) in [6.07, 6.45) is 80.8. The summed E-state index contributed by atoms with van der Waals surface area (Å²) < 4.78 is 34.1. The monoisotopic (exact) mass is 1110 g/mol. The van der Waals surface area contributed by atoms with E-state index < -0.39 is 32.5 Å². The van der Waals surface area contributed by atoms with Crippen molar-refractivity contribution >= 4 is 19.8 Å². The van der Waals surface area contributed by atoms with Crippen LogP contribution in [0.1, 0.15) is 271 Å². The number of phosphoric acid groups is 1. The summed E-state index contributed by atoms with van der Waals surface area (Å²) in [7, 11) is 1.14. The van der Waals surface area contributed by atoms with Gasteiger partial charge in [-0.25, -0.2) is 0 Å². The zero-order chi connectivity index (χ0) is 57.0. The Morgan fingerprint density at radius 3 is 1.05 bits per heavy atom. The molecule has 2 unspecified atom stereocenters. The van der Waals surface area contributed by atoms with Gasteiger partial charge in [0.2, 0.25) is 0 Å². The lowest BCUT2D eigenvalue weighted by atomic mass is 10.0. The number of ether oxygens (including phenoxy) is 2. The number of allylic oxidation sites excluding steroid dienone is 16. The van der Waals surface area contributed by atoms with Crippen molar-refractivity contribution in [1.82, 2.24) is 0 Å². The standard InChI is InChI=1S/C68H120NO8P/c1-6-8-10-12-14-16-18-20-22-23-24-25-26-27-28-29-30-31-32-33-34-35-36-37-38-39-40-41-42-43-44-45-47-49-51-53-55-57-59-61-68(71)77-66(65-76-78(72,73)75-63-62-69(3,4)5)64-74-67(70)60-58-56-54-52-50-48-46-21-19-17-15-13-11-9-7-2/h8-11,14-17,20-22,24-25,46,50,52,66H,6-7,12-13,18-19,23,26-45,47-49,51,53-65H2,1-5H3/b10-8-,11-9-,16-14-,17-15-,22-20-,25-24-,46-21-,52-50-. The molecule has 0 aromatic heterocycles. The van der Waals surface area contributed by atoms with Gasteiger partial charge in [0.25, 0.3) is 7.82 Å². The van der Waals surface area contributed by atoms with Crippen LogP contribution in [-0.4, -0.2) is 70.0 Å². The Kier molecular flexibility index (Phi) is 56.3. The first-order valence-electron chi connectivity index (χ1n) is 31.9. The van der Waals surface area contributed by atoms with Gasteiger partial charge < -0.3 is 27.9 Å². The van der Waals surface area contributed by atoms with Crippen molar-refractivity contribution in [3.63, 3.8) is 0 Å². The minimum atomic E-state index is -4.65. The Morgan fingerprint density at radius 2 is 0.692 bits per heavy atom. The fraction of sp³-hybridized carbons (Fsp3) is 0.735. The van der Waals surface area contributed by atoms with Gasteiger partial charge in [0.15, 0.2) is 6.10 Å². The Morgan fingerprint density at radius 1 is 0.397 bits per heavy atom. The Hall–Kier alpha value is -3.07. The number of phosphoric ester groups is 1. The summed E-state index contributed by atoms with van der Waals surface area (Å²) in [4.78, 5) is 37.8. The number of esters is 2. The van der Waals surface area contributed by atoms with E-state index >= 15 is 0 Å². The van der Waals surface area contributed by atoms with Crippen LogP contribution in [0.2, 0.25) is 0 Å². The first-order chi connectivity index (χ1) is 38.0. The van der Waals surface area contributed by atoms with Crippen LogP contribution < -0.4 is 4.89 Å². The van der Waals surface area contributed by atoms with Gasteiger partial charge in [-0.05, 0) is 89.9 Å². The van der Waals surface area contributed by atoms with Gasteiger partial charge in [0.05, 0.1) is 27.7 Å². The number of hydrogen-bond donors (Lipinski definition) is 0. The minimum absolute atomic E-state index is 0.0396. The molecule has 0 saturated heterocycles. The minimum Gasteiger partial charge on any atom is -0.756 e. The maximum atomic E-state index is 12.8. The topological polar surface area (TPSA) is 111 Å². The van der Waals surface area contributed by atoms with Crippen LogP contribution in [-0.2, 0) is 32.7 Å². The third kappa shape index (κ3) is 62.1. The summed E-state index contributed by atoms with van der Waals surface area (Å²) in [6, 6.07) is 0. The first-order valence-corrected chi connectivity index (χ1v) is 33.4. The molecule has 0 aliphatic carbocycles. The fourth-order valence-electron chi connectivity index (χ4n) is 8.76. The maximum Gasteiger partial charge on any atom is 0.306 e. The van der Waals surface area contributed by atoms with Crippen molar-refractivity contribution in [1.29, 1.82) is 0 Å². The van der Waals surface area contributed by atoms with Crippen molar-refractivity contribution in [2.45, 2.75) is 277 Å². The normalized spacial score (nSPS) is 13.9. The number of likely N-dealkylation sites (N-methyl/N-ethyl adjacent to an activating group) is 1. The van der Waals surface area contributed by atoms with Crippen molar-refractivity contribution in [2.24, 2.45) is 0 Å². The van der Waals surface area contributed by atoms with Gasteiger partial charge in [0, 0.05) is 12.8 Å². The molecule has 0 aromatic rings. The number of carbonyl (C=O) groups is 2. The number of rotatable bonds is 58. The molecule has 9 nitrogen and oxygen atoms in total. The Balaban J connectivity index is 3.94. The zero-order valence-corrected chi connectivity index (χ0v) is 52.0. The number of carbonyl (C=O) groups excluding carboxylic acids is 2. The van der Waals surface area contributed by atoms with E-state index in [0.717, 1.165) is 83.5 Å². The molecule has 0 aliphatic heterocycles. The van der Waals surface area contributed by atoms with Crippen LogP contribution in [0, 0.1) is 0 Å². The van der Waals surface area contributed by atoms with E-state index in [2.05, 4.69) is 111 Å². The summed E-state index contributed by atoms with van der Waals surface area (Å²) in [5, 5.41) is 0. The fourth-order valence-corrected chi connectivity index (χ4v) is 9.49. The number of hydrogen-bond acceptors (Lipinski definition) is 8. The average molecular weight is 1110 g/mol. The van der Waals surface area contributed by atoms with E-state index in [4.69, 9.17) is 18.5 Å². The molecule has 0 bridgehead atoms. The summed E-state index contributed by atoms with van der Waals surface area (Å²) in [6.45, 7) is 3.97. The van der Waals surface area contributed by atoms with Gasteiger partial charge in [-0.3, -0.25) is 14.2 Å². The molecule has 450 valence electrons. The second-order valence-corrected chi connectivity index (χ2v) is 23.8. The predicted octanol–water partition coefficient (Wildman–Crippen LogP) is 19.7. The smallest absolute Gasteiger partial charge is 0.306 e. The third-order valence-electron chi connectivity index (χ3n) is 13.6. The Labute approximate surface area is 481 Å². The van der Waals surface area contributed by atoms with Crippen molar-refractivity contribution in [2.75, 3.05) is 47.5 Å². The van der Waals surface area contributed by atoms with Gasteiger partial charge >= 0.3 is 11.9 Å². The molecule has 78 heavy (non-hydrogen) atoms. The second-order valence-electron chi connectivity index (χ2n) is 22.4. The molecule has 0 radical (unpaired) electrons. The van der Waals surface area contributed by atoms with Crippen LogP contribution in [0.3, 0.4) is 0 Å². The SMILES string of the molecule is CC/C=C\C/C=C\C/C=C\C/C=C\CCCCCCCCCCCCCCCCCCCCCCCCCCCCC(=O)OC(COC(=O)CCCC/C=C\C/C=C\C/C=C\C/C=C\CC)COP(=O)([O-])OCC[N+](C)(C)C. The van der Waals surface area contributed by atoms with Crippen molar-refractivity contribution in [3.8, 4) is 0 Å². The lowest BCUT2D eigenvalue weighted by molar-refractivity contribution is -0.870. The highest BCUT2D eigenvalue weighted by Gasteiger charge is 2.22. The largest absolute Gasteiger partial charge is 0.756 e. The number of nitrogens with zero attached hydrogens (tertiary/aromatic N) is 1. The highest BCUT2D eigenvalue weighted by molar-refractivity contribution is 7.45. The molecule has 0 amide bonds. The van der Waals surface area contributed by atoms with Crippen LogP contribution in [0.25, 0.3) is 0 Å². The molecule has 0 heterocycles. The van der Waals surface area contributed by atoms with Crippen LogP contribution in [0.4, 0.5) is 0 Å². The average Bonchev–Trinajstić information content (AvgIpc) is 3.41. The van der Waals surface area contributed by atoms with Crippen LogP contribution in [0.5, 0.6) is 0 Å². The molecule has 2 atom stereocenters. The van der Waals surface area contributed by atoms with Crippen molar-refractivity contribution in [3.05, 3.63) is 97.2 Å². The van der Waals surface area contributed by atoms with E-state index in [1.807, 2.05) is 21.1 Å². The highest BCUT2D eigenvalue weighted by atomic mass is 31.2. The molecule has 0 spiro atoms. The Bertz CT molecular complexity index is 1640. The summed E-state index contributed by atoms with van der Waals surface area (Å²) in [5.41, 5.74) is 0. The van der Waals surface area contributed by atoms with E-state index in [9.17, 15) is 19.0 Å². The van der Waals surface area contributed by atoms with Crippen LogP contribution in [0.15, 0.2) is 97.2 Å². The number of unbranched alkanes of at least 4 members (excludes halogenated alkanes) is 28. The molecule has 10 heteroatoms. The highest BCUT2D eigenvalue weighted by Crippen LogP contribution is 2.38. The first kappa shape index (κ1) is 74.9. The van der Waals surface area contributed by atoms with Gasteiger partial charge in [0.1, 0.15) is 19.8 Å². The zero-order valence-electron chi connectivity index (χ0n) is 51.1. The van der Waals surface area contributed by atoms with Crippen LogP contribution >= 0.6 is 7.82 Å².